The first-order chi connectivity index (χ1) is 6.92. The number of aromatic nitrogens is 1. The molecule has 0 aliphatic rings. The molecule has 1 aromatic heterocycles. The van der Waals surface area contributed by atoms with E-state index in [1.165, 1.54) is 12.3 Å². The fourth-order valence-electron chi connectivity index (χ4n) is 0.862. The van der Waals surface area contributed by atoms with E-state index in [9.17, 15) is 13.2 Å². The number of hydrogen-bond acceptors (Lipinski definition) is 3. The number of hydrogen-bond donors (Lipinski definition) is 1. The third kappa shape index (κ3) is 4.05. The van der Waals surface area contributed by atoms with E-state index in [0.29, 0.717) is 4.47 Å². The van der Waals surface area contributed by atoms with Crippen LogP contribution in [0.15, 0.2) is 16.7 Å². The SMILES string of the molecule is OCc1cc(Br)cnc1OCC(F)(F)F. The number of nitrogens with zero attached hydrogens (tertiary/aromatic N) is 1. The number of aliphatic hydroxyl groups excluding tert-OH is 1. The van der Waals surface area contributed by atoms with Crippen molar-refractivity contribution in [1.82, 2.24) is 4.98 Å². The van der Waals surface area contributed by atoms with Crippen LogP contribution in [0, 0.1) is 0 Å². The van der Waals surface area contributed by atoms with E-state index in [0.717, 1.165) is 0 Å². The summed E-state index contributed by atoms with van der Waals surface area (Å²) < 4.78 is 40.5. The first kappa shape index (κ1) is 12.3. The Balaban J connectivity index is 2.76. The maximum Gasteiger partial charge on any atom is 0.422 e. The van der Waals surface area contributed by atoms with Crippen molar-refractivity contribution < 1.29 is 23.0 Å². The highest BCUT2D eigenvalue weighted by atomic mass is 79.9. The van der Waals surface area contributed by atoms with Gasteiger partial charge in [-0.3, -0.25) is 0 Å². The molecule has 0 saturated heterocycles. The first-order valence-corrected chi connectivity index (χ1v) is 4.66. The molecule has 0 aromatic carbocycles. The van der Waals surface area contributed by atoms with Crippen LogP contribution >= 0.6 is 15.9 Å². The number of alkyl halides is 3. The fourth-order valence-corrected chi connectivity index (χ4v) is 1.24. The molecule has 1 aromatic rings. The van der Waals surface area contributed by atoms with E-state index in [-0.39, 0.29) is 11.4 Å². The Morgan fingerprint density at radius 3 is 2.67 bits per heavy atom. The van der Waals surface area contributed by atoms with Crippen molar-refractivity contribution in [3.8, 4) is 5.88 Å². The minimum absolute atomic E-state index is 0.202. The smallest absolute Gasteiger partial charge is 0.422 e. The molecule has 0 fully saturated rings. The van der Waals surface area contributed by atoms with Crippen molar-refractivity contribution in [2.45, 2.75) is 12.8 Å². The Morgan fingerprint density at radius 1 is 1.47 bits per heavy atom. The summed E-state index contributed by atoms with van der Waals surface area (Å²) in [5, 5.41) is 8.85. The van der Waals surface area contributed by atoms with Crippen molar-refractivity contribution in [2.75, 3.05) is 6.61 Å². The molecule has 0 spiro atoms. The monoisotopic (exact) mass is 285 g/mol. The maximum absolute atomic E-state index is 11.8. The highest BCUT2D eigenvalue weighted by molar-refractivity contribution is 9.10. The molecule has 0 bridgehead atoms. The molecule has 0 atom stereocenters. The number of rotatable bonds is 3. The normalized spacial score (nSPS) is 11.5. The van der Waals surface area contributed by atoms with Gasteiger partial charge in [0, 0.05) is 16.2 Å². The van der Waals surface area contributed by atoms with E-state index in [1.54, 1.807) is 0 Å². The number of aliphatic hydroxyl groups is 1. The van der Waals surface area contributed by atoms with Crippen LogP contribution in [-0.4, -0.2) is 22.9 Å². The minimum atomic E-state index is -4.42. The van der Waals surface area contributed by atoms with Gasteiger partial charge in [-0.25, -0.2) is 4.98 Å². The second-order valence-corrected chi connectivity index (χ2v) is 3.60. The molecule has 0 unspecified atom stereocenters. The number of pyridine rings is 1. The highest BCUT2D eigenvalue weighted by Gasteiger charge is 2.29. The summed E-state index contributed by atoms with van der Waals surface area (Å²) in [5.41, 5.74) is 0.202. The summed E-state index contributed by atoms with van der Waals surface area (Å²) in [6.45, 7) is -1.85. The molecular formula is C8H7BrF3NO2. The molecule has 1 heterocycles. The molecule has 84 valence electrons. The summed E-state index contributed by atoms with van der Waals surface area (Å²) >= 11 is 3.08. The molecule has 1 rings (SSSR count). The third-order valence-electron chi connectivity index (χ3n) is 1.43. The Bertz CT molecular complexity index is 343. The zero-order valence-electron chi connectivity index (χ0n) is 7.38. The van der Waals surface area contributed by atoms with Crippen LogP contribution in [0.3, 0.4) is 0 Å². The van der Waals surface area contributed by atoms with Gasteiger partial charge in [-0.1, -0.05) is 0 Å². The number of halogens is 4. The molecule has 0 amide bonds. The summed E-state index contributed by atoms with van der Waals surface area (Å²) in [4.78, 5) is 3.62. The summed E-state index contributed by atoms with van der Waals surface area (Å²) in [6.07, 6.45) is -3.12. The van der Waals surface area contributed by atoms with Gasteiger partial charge in [-0.2, -0.15) is 13.2 Å². The van der Waals surface area contributed by atoms with E-state index in [2.05, 4.69) is 25.7 Å². The fraction of sp³-hybridized carbons (Fsp3) is 0.375. The highest BCUT2D eigenvalue weighted by Crippen LogP contribution is 2.22. The minimum Gasteiger partial charge on any atom is -0.468 e. The Hall–Kier alpha value is -0.820. The predicted molar refractivity (Wildman–Crippen MR) is 49.4 cm³/mol. The lowest BCUT2D eigenvalue weighted by atomic mass is 10.3. The largest absolute Gasteiger partial charge is 0.468 e. The zero-order valence-corrected chi connectivity index (χ0v) is 8.97. The molecule has 0 aliphatic heterocycles. The van der Waals surface area contributed by atoms with Crippen molar-refractivity contribution in [3.05, 3.63) is 22.3 Å². The second kappa shape index (κ2) is 4.80. The van der Waals surface area contributed by atoms with E-state index >= 15 is 0 Å². The molecule has 0 aliphatic carbocycles. The van der Waals surface area contributed by atoms with Crippen LogP contribution in [-0.2, 0) is 6.61 Å². The van der Waals surface area contributed by atoms with Gasteiger partial charge in [-0.05, 0) is 22.0 Å². The van der Waals surface area contributed by atoms with Gasteiger partial charge in [0.05, 0.1) is 6.61 Å². The second-order valence-electron chi connectivity index (χ2n) is 2.68. The molecule has 3 nitrogen and oxygen atoms in total. The van der Waals surface area contributed by atoms with Crippen molar-refractivity contribution >= 4 is 15.9 Å². The molecule has 15 heavy (non-hydrogen) atoms. The predicted octanol–water partition coefficient (Wildman–Crippen LogP) is 2.28. The van der Waals surface area contributed by atoms with Crippen molar-refractivity contribution in [3.63, 3.8) is 0 Å². The Labute approximate surface area is 92.0 Å². The third-order valence-corrected chi connectivity index (χ3v) is 1.87. The number of ether oxygens (including phenoxy) is 1. The lowest BCUT2D eigenvalue weighted by molar-refractivity contribution is -0.154. The van der Waals surface area contributed by atoms with Gasteiger partial charge in [0.25, 0.3) is 0 Å². The quantitative estimate of drug-likeness (QED) is 0.927. The van der Waals surface area contributed by atoms with Crippen LogP contribution in [0.5, 0.6) is 5.88 Å². The maximum atomic E-state index is 11.8. The van der Waals surface area contributed by atoms with Gasteiger partial charge in [0.2, 0.25) is 5.88 Å². The van der Waals surface area contributed by atoms with Crippen LogP contribution in [0.4, 0.5) is 13.2 Å². The van der Waals surface area contributed by atoms with Gasteiger partial charge >= 0.3 is 6.18 Å². The van der Waals surface area contributed by atoms with Crippen molar-refractivity contribution in [2.24, 2.45) is 0 Å². The van der Waals surface area contributed by atoms with E-state index in [4.69, 9.17) is 5.11 Å². The van der Waals surface area contributed by atoms with Gasteiger partial charge in [-0.15, -0.1) is 0 Å². The van der Waals surface area contributed by atoms with Crippen LogP contribution in [0.25, 0.3) is 0 Å². The Morgan fingerprint density at radius 2 is 2.13 bits per heavy atom. The standard InChI is InChI=1S/C8H7BrF3NO2/c9-6-1-5(3-14)7(13-2-6)15-4-8(10,11)12/h1-2,14H,3-4H2. The lowest BCUT2D eigenvalue weighted by Gasteiger charge is -2.10. The molecule has 0 radical (unpaired) electrons. The molecule has 1 N–H and O–H groups in total. The van der Waals surface area contributed by atoms with Crippen LogP contribution < -0.4 is 4.74 Å². The summed E-state index contributed by atoms with van der Waals surface area (Å²) in [5.74, 6) is -0.210. The van der Waals surface area contributed by atoms with Crippen molar-refractivity contribution in [1.29, 1.82) is 0 Å². The van der Waals surface area contributed by atoms with Crippen LogP contribution in [0.1, 0.15) is 5.56 Å². The van der Waals surface area contributed by atoms with Gasteiger partial charge in [0.15, 0.2) is 6.61 Å². The van der Waals surface area contributed by atoms with E-state index in [1.807, 2.05) is 0 Å². The summed E-state index contributed by atoms with van der Waals surface area (Å²) in [7, 11) is 0. The first-order valence-electron chi connectivity index (χ1n) is 3.87. The lowest BCUT2D eigenvalue weighted by Crippen LogP contribution is -2.20. The average Bonchev–Trinajstić information content (AvgIpc) is 2.14. The van der Waals surface area contributed by atoms with Crippen LogP contribution in [0.2, 0.25) is 0 Å². The zero-order chi connectivity index (χ0) is 11.5. The molecule has 7 heteroatoms. The van der Waals surface area contributed by atoms with Gasteiger partial charge < -0.3 is 9.84 Å². The Kier molecular flexibility index (Phi) is 3.92. The topological polar surface area (TPSA) is 42.4 Å². The molecular weight excluding hydrogens is 279 g/mol. The van der Waals surface area contributed by atoms with Gasteiger partial charge in [0.1, 0.15) is 0 Å². The average molecular weight is 286 g/mol. The van der Waals surface area contributed by atoms with E-state index < -0.39 is 19.4 Å². The molecule has 0 saturated carbocycles. The summed E-state index contributed by atoms with van der Waals surface area (Å²) in [6, 6.07) is 1.44.